The maximum atomic E-state index is 11.8. The molecule has 0 saturated heterocycles. The normalized spacial score (nSPS) is 12.0. The molecule has 250 valence electrons. The standard InChI is InChI=1S/C17H15N3O4S.C16H13N3O4S/c1-2-25(22,23)20-10-7-8-12-11(9-10)15(16(21)18-12)17-19-13-5-3-4-6-14(13)24-17;1-24(21,22)19-9-6-7-11-10(8-9)14(15(20)17-11)16-18-12-4-2-3-5-13(12)23-16/h3-9,18,20-21H,2H2,1H3;2-8,17,19-20H,1H3. The van der Waals surface area contributed by atoms with Gasteiger partial charge < -0.3 is 29.0 Å². The number of nitrogens with one attached hydrogen (secondary N) is 4. The van der Waals surface area contributed by atoms with E-state index in [0.29, 0.717) is 66.5 Å². The summed E-state index contributed by atoms with van der Waals surface area (Å²) in [6.07, 6.45) is 1.08. The molecule has 0 aliphatic heterocycles. The number of rotatable bonds is 7. The van der Waals surface area contributed by atoms with Gasteiger partial charge in [-0.15, -0.1) is 0 Å². The van der Waals surface area contributed by atoms with Crippen LogP contribution in [0.5, 0.6) is 11.8 Å². The highest BCUT2D eigenvalue weighted by Gasteiger charge is 2.21. The van der Waals surface area contributed by atoms with Crippen molar-refractivity contribution in [2.75, 3.05) is 21.5 Å². The Kier molecular flexibility index (Phi) is 7.68. The van der Waals surface area contributed by atoms with Gasteiger partial charge in [0.1, 0.15) is 22.2 Å². The minimum atomic E-state index is -3.40. The molecule has 0 fully saturated rings. The molecule has 0 amide bonds. The van der Waals surface area contributed by atoms with E-state index in [9.17, 15) is 27.0 Å². The van der Waals surface area contributed by atoms with Crippen molar-refractivity contribution in [1.29, 1.82) is 0 Å². The molecule has 49 heavy (non-hydrogen) atoms. The Morgan fingerprint density at radius 3 is 1.55 bits per heavy atom. The quantitative estimate of drug-likeness (QED) is 0.106. The summed E-state index contributed by atoms with van der Waals surface area (Å²) >= 11 is 0. The van der Waals surface area contributed by atoms with Crippen LogP contribution in [0, 0.1) is 0 Å². The number of para-hydroxylation sites is 4. The number of hydrogen-bond acceptors (Lipinski definition) is 10. The van der Waals surface area contributed by atoms with E-state index < -0.39 is 20.0 Å². The van der Waals surface area contributed by atoms with E-state index in [1.165, 1.54) is 0 Å². The zero-order valence-corrected chi connectivity index (χ0v) is 27.5. The predicted octanol–water partition coefficient (Wildman–Crippen LogP) is 6.50. The molecule has 8 rings (SSSR count). The minimum absolute atomic E-state index is 0.0264. The van der Waals surface area contributed by atoms with Gasteiger partial charge in [0.05, 0.1) is 12.0 Å². The van der Waals surface area contributed by atoms with Crippen LogP contribution in [0.15, 0.2) is 93.8 Å². The molecule has 4 aromatic heterocycles. The lowest BCUT2D eigenvalue weighted by Gasteiger charge is -2.06. The van der Waals surface area contributed by atoms with Crippen molar-refractivity contribution in [3.8, 4) is 34.7 Å². The molecule has 0 aliphatic carbocycles. The van der Waals surface area contributed by atoms with Crippen molar-refractivity contribution < 1.29 is 35.9 Å². The number of oxazole rings is 2. The summed E-state index contributed by atoms with van der Waals surface area (Å²) in [5.41, 5.74) is 5.42. The Morgan fingerprint density at radius 2 is 1.12 bits per heavy atom. The maximum absolute atomic E-state index is 11.8. The van der Waals surface area contributed by atoms with Crippen LogP contribution < -0.4 is 9.44 Å². The number of aromatic hydroxyl groups is 2. The van der Waals surface area contributed by atoms with Crippen molar-refractivity contribution in [2.24, 2.45) is 0 Å². The van der Waals surface area contributed by atoms with Gasteiger partial charge in [0.2, 0.25) is 43.6 Å². The maximum Gasteiger partial charge on any atom is 0.233 e. The molecule has 16 heteroatoms. The van der Waals surface area contributed by atoms with Gasteiger partial charge in [-0.1, -0.05) is 24.3 Å². The highest BCUT2D eigenvalue weighted by molar-refractivity contribution is 7.92. The van der Waals surface area contributed by atoms with E-state index in [2.05, 4.69) is 29.4 Å². The molecule has 0 unspecified atom stereocenters. The van der Waals surface area contributed by atoms with E-state index in [4.69, 9.17) is 8.83 Å². The summed E-state index contributed by atoms with van der Waals surface area (Å²) < 4.78 is 62.8. The number of sulfonamides is 2. The lowest BCUT2D eigenvalue weighted by Crippen LogP contribution is -2.14. The summed E-state index contributed by atoms with van der Waals surface area (Å²) in [6.45, 7) is 1.56. The zero-order chi connectivity index (χ0) is 34.5. The number of nitrogens with zero attached hydrogens (tertiary/aromatic N) is 2. The molecule has 0 aliphatic rings. The fourth-order valence-corrected chi connectivity index (χ4v) is 6.53. The van der Waals surface area contributed by atoms with Crippen LogP contribution >= 0.6 is 0 Å². The average molecular weight is 701 g/mol. The molecular weight excluding hydrogens is 673 g/mol. The van der Waals surface area contributed by atoms with Crippen LogP contribution in [0.2, 0.25) is 0 Å². The first kappa shape index (κ1) is 31.6. The summed E-state index contributed by atoms with van der Waals surface area (Å²) in [5, 5.41) is 21.7. The molecule has 6 N–H and O–H groups in total. The molecule has 0 radical (unpaired) electrons. The van der Waals surface area contributed by atoms with E-state index >= 15 is 0 Å². The second-order valence-electron chi connectivity index (χ2n) is 11.1. The van der Waals surface area contributed by atoms with Gasteiger partial charge in [-0.3, -0.25) is 9.44 Å². The third-order valence-electron chi connectivity index (χ3n) is 7.53. The smallest absolute Gasteiger partial charge is 0.233 e. The molecule has 8 aromatic rings. The summed E-state index contributed by atoms with van der Waals surface area (Å²) in [7, 11) is -6.79. The predicted molar refractivity (Wildman–Crippen MR) is 187 cm³/mol. The third kappa shape index (κ3) is 6.33. The van der Waals surface area contributed by atoms with E-state index in [1.807, 2.05) is 36.4 Å². The first-order valence-electron chi connectivity index (χ1n) is 14.8. The minimum Gasteiger partial charge on any atom is -0.494 e. The molecule has 4 heterocycles. The Balaban J connectivity index is 0.000000154. The van der Waals surface area contributed by atoms with Crippen LogP contribution in [-0.4, -0.2) is 59.0 Å². The monoisotopic (exact) mass is 700 g/mol. The number of fused-ring (bicyclic) bond motifs is 4. The van der Waals surface area contributed by atoms with Crippen LogP contribution in [0.25, 0.3) is 66.9 Å². The first-order chi connectivity index (χ1) is 23.4. The molecule has 0 spiro atoms. The van der Waals surface area contributed by atoms with Crippen molar-refractivity contribution >= 4 is 75.4 Å². The van der Waals surface area contributed by atoms with Crippen molar-refractivity contribution in [2.45, 2.75) is 6.92 Å². The van der Waals surface area contributed by atoms with Gasteiger partial charge in [-0.2, -0.15) is 0 Å². The van der Waals surface area contributed by atoms with Crippen LogP contribution in [0.1, 0.15) is 6.92 Å². The number of H-pyrrole nitrogens is 2. The van der Waals surface area contributed by atoms with E-state index in [1.54, 1.807) is 55.5 Å². The second-order valence-corrected chi connectivity index (χ2v) is 14.8. The largest absolute Gasteiger partial charge is 0.494 e. The van der Waals surface area contributed by atoms with Gasteiger partial charge in [-0.25, -0.2) is 26.8 Å². The van der Waals surface area contributed by atoms with Crippen molar-refractivity contribution in [3.05, 3.63) is 84.9 Å². The van der Waals surface area contributed by atoms with Crippen LogP contribution in [0.4, 0.5) is 11.4 Å². The highest BCUT2D eigenvalue weighted by Crippen LogP contribution is 2.40. The van der Waals surface area contributed by atoms with Gasteiger partial charge in [0.15, 0.2) is 11.2 Å². The van der Waals surface area contributed by atoms with Crippen molar-refractivity contribution in [3.63, 3.8) is 0 Å². The number of aromatic amines is 2. The fourth-order valence-electron chi connectivity index (χ4n) is 5.34. The Labute approximate surface area is 278 Å². The zero-order valence-electron chi connectivity index (χ0n) is 25.8. The molecule has 14 nitrogen and oxygen atoms in total. The van der Waals surface area contributed by atoms with E-state index in [-0.39, 0.29) is 29.3 Å². The first-order valence-corrected chi connectivity index (χ1v) is 18.3. The van der Waals surface area contributed by atoms with Crippen molar-refractivity contribution in [1.82, 2.24) is 19.9 Å². The topological polar surface area (TPSA) is 216 Å². The average Bonchev–Trinajstić information content (AvgIpc) is 3.81. The lowest BCUT2D eigenvalue weighted by atomic mass is 10.1. The van der Waals surface area contributed by atoms with E-state index in [0.717, 1.165) is 6.26 Å². The summed E-state index contributed by atoms with van der Waals surface area (Å²) in [5.74, 6) is 0.323. The summed E-state index contributed by atoms with van der Waals surface area (Å²) in [6, 6.07) is 24.4. The van der Waals surface area contributed by atoms with Crippen LogP contribution in [-0.2, 0) is 20.0 Å². The highest BCUT2D eigenvalue weighted by atomic mass is 32.2. The molecule has 0 atom stereocenters. The lowest BCUT2D eigenvalue weighted by molar-refractivity contribution is 0.457. The third-order valence-corrected chi connectivity index (χ3v) is 9.44. The number of hydrogen-bond donors (Lipinski definition) is 6. The fraction of sp³-hybridized carbons (Fsp3) is 0.0909. The van der Waals surface area contributed by atoms with Crippen LogP contribution in [0.3, 0.4) is 0 Å². The Bertz CT molecular complexity index is 2680. The SMILES string of the molecule is CCS(=O)(=O)Nc1ccc2[nH]c(O)c(-c3nc4ccccc4o3)c2c1.CS(=O)(=O)Nc1ccc2[nH]c(O)c(-c3nc4ccccc4o3)c2c1. The van der Waals surface area contributed by atoms with Gasteiger partial charge in [0, 0.05) is 33.2 Å². The molecular formula is C33H28N6O8S2. The summed E-state index contributed by atoms with van der Waals surface area (Å²) in [4.78, 5) is 14.5. The van der Waals surface area contributed by atoms with Gasteiger partial charge in [-0.05, 0) is 67.6 Å². The molecule has 0 saturated carbocycles. The Morgan fingerprint density at radius 1 is 0.673 bits per heavy atom. The van der Waals surface area contributed by atoms with Gasteiger partial charge in [0.25, 0.3) is 0 Å². The molecule has 4 aromatic carbocycles. The Hall–Kier alpha value is -6.00. The number of aromatic nitrogens is 4. The van der Waals surface area contributed by atoms with Gasteiger partial charge >= 0.3 is 0 Å². The second kappa shape index (κ2) is 11.9. The molecule has 0 bridgehead atoms. The number of benzene rings is 4. The number of anilines is 2.